The van der Waals surface area contributed by atoms with E-state index in [1.165, 1.54) is 12.8 Å². The van der Waals surface area contributed by atoms with E-state index in [4.69, 9.17) is 9.47 Å². The Kier molecular flexibility index (Phi) is 4.35. The van der Waals surface area contributed by atoms with Crippen molar-refractivity contribution >= 4 is 12.0 Å². The second-order valence-corrected chi connectivity index (χ2v) is 9.06. The van der Waals surface area contributed by atoms with E-state index in [1.54, 1.807) is 0 Å². The standard InChI is InChI=1S/C20H31N3O4/c1-3-27-20(25)23-14-6-13(7-15(23)11-26-10-14)22-8-16-17(9-22)18(16)19(24)21(2)12-4-5-12/h12-18H,3-11H2,1-2H3/t13?,14?,15?,16-,17+,18-. The van der Waals surface area contributed by atoms with Gasteiger partial charge in [-0.25, -0.2) is 4.79 Å². The minimum atomic E-state index is -0.188. The third-order valence-electron chi connectivity index (χ3n) is 7.44. The minimum Gasteiger partial charge on any atom is -0.450 e. The van der Waals surface area contributed by atoms with Crippen LogP contribution in [0, 0.1) is 17.8 Å². The zero-order chi connectivity index (χ0) is 18.7. The van der Waals surface area contributed by atoms with Gasteiger partial charge in [0, 0.05) is 38.1 Å². The highest BCUT2D eigenvalue weighted by atomic mass is 16.6. The quantitative estimate of drug-likeness (QED) is 0.736. The van der Waals surface area contributed by atoms with Gasteiger partial charge >= 0.3 is 6.09 Å². The number of piperidine rings is 2. The van der Waals surface area contributed by atoms with Crippen LogP contribution < -0.4 is 0 Å². The molecule has 2 unspecified atom stereocenters. The maximum atomic E-state index is 12.7. The molecule has 2 bridgehead atoms. The van der Waals surface area contributed by atoms with Crippen LogP contribution in [0.1, 0.15) is 32.6 Å². The van der Waals surface area contributed by atoms with E-state index in [0.29, 0.717) is 49.6 Å². The van der Waals surface area contributed by atoms with Gasteiger partial charge in [-0.05, 0) is 44.4 Å². The van der Waals surface area contributed by atoms with Crippen LogP contribution in [0.3, 0.4) is 0 Å². The predicted octanol–water partition coefficient (Wildman–Crippen LogP) is 1.17. The van der Waals surface area contributed by atoms with Gasteiger partial charge in [-0.3, -0.25) is 14.6 Å². The molecule has 5 rings (SSSR count). The molecule has 27 heavy (non-hydrogen) atoms. The van der Waals surface area contributed by atoms with Crippen LogP contribution in [0.4, 0.5) is 4.79 Å². The second kappa shape index (κ2) is 6.62. The van der Waals surface area contributed by atoms with Crippen LogP contribution in [-0.4, -0.2) is 90.8 Å². The largest absolute Gasteiger partial charge is 0.450 e. The van der Waals surface area contributed by atoms with Gasteiger partial charge in [0.2, 0.25) is 5.91 Å². The molecule has 3 saturated heterocycles. The average molecular weight is 377 g/mol. The SMILES string of the molecule is CCOC(=O)N1C2COCC1CC(N1C[C@@H]3[C@H](C1)[C@@H]3C(=O)N(C)C1CC1)C2. The lowest BCUT2D eigenvalue weighted by Crippen LogP contribution is -2.62. The smallest absolute Gasteiger partial charge is 0.410 e. The van der Waals surface area contributed by atoms with E-state index in [2.05, 4.69) is 4.90 Å². The summed E-state index contributed by atoms with van der Waals surface area (Å²) in [7, 11) is 1.98. The Morgan fingerprint density at radius 2 is 1.70 bits per heavy atom. The molecule has 0 N–H and O–H groups in total. The van der Waals surface area contributed by atoms with Gasteiger partial charge in [0.05, 0.1) is 31.9 Å². The molecule has 0 aromatic heterocycles. The highest BCUT2D eigenvalue weighted by molar-refractivity contribution is 5.83. The molecule has 3 heterocycles. The molecule has 2 amide bonds. The highest BCUT2D eigenvalue weighted by Crippen LogP contribution is 2.54. The number of amides is 2. The minimum absolute atomic E-state index is 0.122. The molecule has 0 aromatic rings. The number of carbonyl (C=O) groups is 2. The molecule has 0 aromatic carbocycles. The monoisotopic (exact) mass is 377 g/mol. The molecule has 5 atom stereocenters. The zero-order valence-corrected chi connectivity index (χ0v) is 16.4. The number of ether oxygens (including phenoxy) is 2. The molecule has 5 fully saturated rings. The Bertz CT molecular complexity index is 598. The summed E-state index contributed by atoms with van der Waals surface area (Å²) in [6, 6.07) is 1.26. The number of hydrogen-bond acceptors (Lipinski definition) is 5. The van der Waals surface area contributed by atoms with Crippen LogP contribution in [0.25, 0.3) is 0 Å². The number of hydrogen-bond donors (Lipinski definition) is 0. The Morgan fingerprint density at radius 1 is 1.07 bits per heavy atom. The van der Waals surface area contributed by atoms with Crippen molar-refractivity contribution < 1.29 is 19.1 Å². The first kappa shape index (κ1) is 17.7. The summed E-state index contributed by atoms with van der Waals surface area (Å²) in [6.07, 6.45) is 4.08. The van der Waals surface area contributed by atoms with Crippen LogP contribution >= 0.6 is 0 Å². The third kappa shape index (κ3) is 3.03. The predicted molar refractivity (Wildman–Crippen MR) is 98.1 cm³/mol. The molecular weight excluding hydrogens is 346 g/mol. The highest BCUT2D eigenvalue weighted by Gasteiger charge is 2.61. The summed E-state index contributed by atoms with van der Waals surface area (Å²) in [6.45, 7) is 5.58. The fourth-order valence-corrected chi connectivity index (χ4v) is 5.78. The molecular formula is C20H31N3O4. The Labute approximate surface area is 160 Å². The molecule has 2 saturated carbocycles. The number of likely N-dealkylation sites (tertiary alicyclic amines) is 1. The van der Waals surface area contributed by atoms with E-state index in [-0.39, 0.29) is 24.1 Å². The maximum absolute atomic E-state index is 12.7. The molecule has 0 spiro atoms. The van der Waals surface area contributed by atoms with Gasteiger partial charge < -0.3 is 14.4 Å². The van der Waals surface area contributed by atoms with Gasteiger partial charge in [0.15, 0.2) is 0 Å². The number of fused-ring (bicyclic) bond motifs is 3. The molecule has 7 nitrogen and oxygen atoms in total. The van der Waals surface area contributed by atoms with Gasteiger partial charge in [0.1, 0.15) is 0 Å². The molecule has 3 aliphatic heterocycles. The van der Waals surface area contributed by atoms with E-state index in [1.807, 2.05) is 23.8 Å². The normalized spacial score (nSPS) is 40.4. The van der Waals surface area contributed by atoms with Crippen molar-refractivity contribution in [1.29, 1.82) is 0 Å². The fraction of sp³-hybridized carbons (Fsp3) is 0.900. The number of carbonyl (C=O) groups excluding carboxylic acids is 2. The van der Waals surface area contributed by atoms with Crippen molar-refractivity contribution in [3.8, 4) is 0 Å². The summed E-state index contributed by atoms with van der Waals surface area (Å²) in [5.41, 5.74) is 0. The van der Waals surface area contributed by atoms with Gasteiger partial charge in [-0.15, -0.1) is 0 Å². The van der Waals surface area contributed by atoms with Crippen molar-refractivity contribution in [3.63, 3.8) is 0 Å². The number of morpholine rings is 1. The summed E-state index contributed by atoms with van der Waals surface area (Å²) in [5, 5.41) is 0. The third-order valence-corrected chi connectivity index (χ3v) is 7.44. The van der Waals surface area contributed by atoms with Crippen LogP contribution in [0.15, 0.2) is 0 Å². The topological polar surface area (TPSA) is 62.3 Å². The van der Waals surface area contributed by atoms with Gasteiger partial charge in [-0.1, -0.05) is 0 Å². The lowest BCUT2D eigenvalue weighted by atomic mass is 9.89. The number of nitrogens with zero attached hydrogens (tertiary/aromatic N) is 3. The van der Waals surface area contributed by atoms with Gasteiger partial charge in [0.25, 0.3) is 0 Å². The van der Waals surface area contributed by atoms with Crippen molar-refractivity contribution in [2.75, 3.05) is 40.0 Å². The van der Waals surface area contributed by atoms with Crippen molar-refractivity contribution in [1.82, 2.24) is 14.7 Å². The summed E-state index contributed by atoms with van der Waals surface area (Å²) < 4.78 is 11.0. The van der Waals surface area contributed by atoms with E-state index in [9.17, 15) is 9.59 Å². The lowest BCUT2D eigenvalue weighted by Gasteiger charge is -2.49. The zero-order valence-electron chi connectivity index (χ0n) is 16.4. The fourth-order valence-electron chi connectivity index (χ4n) is 5.78. The lowest BCUT2D eigenvalue weighted by molar-refractivity contribution is -0.133. The molecule has 7 heteroatoms. The first-order chi connectivity index (χ1) is 13.1. The molecule has 150 valence electrons. The Balaban J connectivity index is 1.18. The summed E-state index contributed by atoms with van der Waals surface area (Å²) >= 11 is 0. The second-order valence-electron chi connectivity index (χ2n) is 9.06. The maximum Gasteiger partial charge on any atom is 0.410 e. The molecule has 2 aliphatic carbocycles. The van der Waals surface area contributed by atoms with E-state index in [0.717, 1.165) is 25.9 Å². The van der Waals surface area contributed by atoms with Gasteiger partial charge in [-0.2, -0.15) is 0 Å². The van der Waals surface area contributed by atoms with Crippen LogP contribution in [0.2, 0.25) is 0 Å². The Hall–Kier alpha value is -1.34. The Morgan fingerprint density at radius 3 is 2.26 bits per heavy atom. The molecule has 0 radical (unpaired) electrons. The number of rotatable bonds is 4. The average Bonchev–Trinajstić information content (AvgIpc) is 3.57. The first-order valence-electron chi connectivity index (χ1n) is 10.6. The van der Waals surface area contributed by atoms with Crippen molar-refractivity contribution in [3.05, 3.63) is 0 Å². The van der Waals surface area contributed by atoms with Crippen molar-refractivity contribution in [2.24, 2.45) is 17.8 Å². The van der Waals surface area contributed by atoms with Crippen molar-refractivity contribution in [2.45, 2.75) is 56.8 Å². The first-order valence-corrected chi connectivity index (χ1v) is 10.6. The van der Waals surface area contributed by atoms with E-state index >= 15 is 0 Å². The molecule has 5 aliphatic rings. The summed E-state index contributed by atoms with van der Waals surface area (Å²) in [4.78, 5) is 31.5. The summed E-state index contributed by atoms with van der Waals surface area (Å²) in [5.74, 6) is 1.76. The van der Waals surface area contributed by atoms with Crippen LogP contribution in [-0.2, 0) is 14.3 Å². The van der Waals surface area contributed by atoms with E-state index < -0.39 is 0 Å². The van der Waals surface area contributed by atoms with Crippen LogP contribution in [0.5, 0.6) is 0 Å².